The van der Waals surface area contributed by atoms with Crippen molar-refractivity contribution in [1.29, 1.82) is 0 Å². The molecule has 0 unspecified atom stereocenters. The van der Waals surface area contributed by atoms with Gasteiger partial charge >= 0.3 is 5.97 Å². The van der Waals surface area contributed by atoms with Crippen LogP contribution in [0.25, 0.3) is 0 Å². The highest BCUT2D eigenvalue weighted by molar-refractivity contribution is 7.12. The van der Waals surface area contributed by atoms with Gasteiger partial charge in [-0.1, -0.05) is 0 Å². The number of aryl methyl sites for hydroxylation is 1. The SMILES string of the molecule is Cc1ccsc1C(=O)N(CCC(=O)O)C[C@H]1CCCO1. The minimum atomic E-state index is -0.891. The molecule has 1 aliphatic rings. The van der Waals surface area contributed by atoms with Crippen LogP contribution in [-0.2, 0) is 9.53 Å². The van der Waals surface area contributed by atoms with E-state index in [1.807, 2.05) is 18.4 Å². The summed E-state index contributed by atoms with van der Waals surface area (Å²) in [5.41, 5.74) is 0.938. The van der Waals surface area contributed by atoms with Crippen molar-refractivity contribution in [2.24, 2.45) is 0 Å². The number of carboxylic acid groups (broad SMARTS) is 1. The number of hydrogen-bond acceptors (Lipinski definition) is 4. The molecular weight excluding hydrogens is 278 g/mol. The fourth-order valence-electron chi connectivity index (χ4n) is 2.28. The molecule has 1 saturated heterocycles. The fraction of sp³-hybridized carbons (Fsp3) is 0.571. The summed E-state index contributed by atoms with van der Waals surface area (Å²) >= 11 is 1.40. The van der Waals surface area contributed by atoms with E-state index in [1.54, 1.807) is 4.90 Å². The van der Waals surface area contributed by atoms with E-state index in [4.69, 9.17) is 9.84 Å². The molecule has 1 fully saturated rings. The number of thiophene rings is 1. The first-order chi connectivity index (χ1) is 9.58. The van der Waals surface area contributed by atoms with E-state index < -0.39 is 5.97 Å². The number of rotatable bonds is 6. The molecule has 0 radical (unpaired) electrons. The molecule has 6 heteroatoms. The minimum Gasteiger partial charge on any atom is -0.481 e. The number of amides is 1. The summed E-state index contributed by atoms with van der Waals surface area (Å²) in [6, 6.07) is 1.90. The second-order valence-corrected chi connectivity index (χ2v) is 5.88. The maximum atomic E-state index is 12.5. The lowest BCUT2D eigenvalue weighted by Crippen LogP contribution is -2.38. The molecular formula is C14H19NO4S. The van der Waals surface area contributed by atoms with Crippen LogP contribution in [0.15, 0.2) is 11.4 Å². The van der Waals surface area contributed by atoms with Gasteiger partial charge < -0.3 is 14.7 Å². The van der Waals surface area contributed by atoms with Crippen LogP contribution in [0.4, 0.5) is 0 Å². The monoisotopic (exact) mass is 297 g/mol. The number of ether oxygens (including phenoxy) is 1. The van der Waals surface area contributed by atoms with Gasteiger partial charge in [-0.2, -0.15) is 0 Å². The van der Waals surface area contributed by atoms with Crippen molar-refractivity contribution in [3.05, 3.63) is 21.9 Å². The summed E-state index contributed by atoms with van der Waals surface area (Å²) in [5.74, 6) is -0.979. The topological polar surface area (TPSA) is 66.8 Å². The van der Waals surface area contributed by atoms with Crippen molar-refractivity contribution < 1.29 is 19.4 Å². The Balaban J connectivity index is 2.05. The predicted octanol–water partition coefficient (Wildman–Crippen LogP) is 2.15. The number of carboxylic acids is 1. The van der Waals surface area contributed by atoms with Crippen molar-refractivity contribution in [1.82, 2.24) is 4.90 Å². The number of carbonyl (C=O) groups is 2. The van der Waals surface area contributed by atoms with Gasteiger partial charge in [-0.05, 0) is 36.8 Å². The largest absolute Gasteiger partial charge is 0.481 e. The summed E-state index contributed by atoms with van der Waals surface area (Å²) in [4.78, 5) is 25.6. The molecule has 1 N–H and O–H groups in total. The number of aliphatic carboxylic acids is 1. The fourth-order valence-corrected chi connectivity index (χ4v) is 3.17. The van der Waals surface area contributed by atoms with Crippen molar-refractivity contribution in [3.63, 3.8) is 0 Å². The summed E-state index contributed by atoms with van der Waals surface area (Å²) in [7, 11) is 0. The van der Waals surface area contributed by atoms with Crippen LogP contribution in [0.3, 0.4) is 0 Å². The standard InChI is InChI=1S/C14H19NO4S/c1-10-5-8-20-13(10)14(18)15(6-4-12(16)17)9-11-3-2-7-19-11/h5,8,11H,2-4,6-7,9H2,1H3,(H,16,17)/t11-/m1/s1. The van der Waals surface area contributed by atoms with Crippen LogP contribution in [-0.4, -0.2) is 47.7 Å². The van der Waals surface area contributed by atoms with Gasteiger partial charge in [0.1, 0.15) is 0 Å². The van der Waals surface area contributed by atoms with E-state index in [0.717, 1.165) is 25.0 Å². The van der Waals surface area contributed by atoms with Crippen LogP contribution in [0.1, 0.15) is 34.5 Å². The first-order valence-corrected chi connectivity index (χ1v) is 7.62. The van der Waals surface area contributed by atoms with Gasteiger partial charge in [-0.25, -0.2) is 0 Å². The molecule has 0 aliphatic carbocycles. The first kappa shape index (κ1) is 15.0. The molecule has 1 aliphatic heterocycles. The lowest BCUT2D eigenvalue weighted by molar-refractivity contribution is -0.137. The van der Waals surface area contributed by atoms with Gasteiger partial charge in [0.25, 0.3) is 5.91 Å². The van der Waals surface area contributed by atoms with E-state index >= 15 is 0 Å². The molecule has 20 heavy (non-hydrogen) atoms. The Morgan fingerprint density at radius 2 is 2.35 bits per heavy atom. The van der Waals surface area contributed by atoms with Crippen LogP contribution in [0, 0.1) is 6.92 Å². The van der Waals surface area contributed by atoms with Gasteiger partial charge in [-0.15, -0.1) is 11.3 Å². The molecule has 1 aromatic heterocycles. The van der Waals surface area contributed by atoms with Gasteiger partial charge in [0, 0.05) is 19.7 Å². The Hall–Kier alpha value is -1.40. The van der Waals surface area contributed by atoms with Crippen molar-refractivity contribution in [3.8, 4) is 0 Å². The molecule has 2 rings (SSSR count). The van der Waals surface area contributed by atoms with Crippen LogP contribution in [0.2, 0.25) is 0 Å². The Kier molecular flexibility index (Phi) is 5.14. The number of hydrogen-bond donors (Lipinski definition) is 1. The smallest absolute Gasteiger partial charge is 0.305 e. The highest BCUT2D eigenvalue weighted by Crippen LogP contribution is 2.20. The zero-order valence-corrected chi connectivity index (χ0v) is 12.3. The second-order valence-electron chi connectivity index (χ2n) is 4.96. The van der Waals surface area contributed by atoms with Gasteiger partial charge in [-0.3, -0.25) is 9.59 Å². The molecule has 1 aromatic rings. The normalized spacial score (nSPS) is 18.1. The summed E-state index contributed by atoms with van der Waals surface area (Å²) in [6.45, 7) is 3.32. The predicted molar refractivity (Wildman–Crippen MR) is 76.2 cm³/mol. The maximum Gasteiger partial charge on any atom is 0.305 e. The van der Waals surface area contributed by atoms with Gasteiger partial charge in [0.2, 0.25) is 0 Å². The summed E-state index contributed by atoms with van der Waals surface area (Å²) in [5, 5.41) is 10.7. The quantitative estimate of drug-likeness (QED) is 0.873. The Morgan fingerprint density at radius 3 is 2.90 bits per heavy atom. The van der Waals surface area contributed by atoms with E-state index in [0.29, 0.717) is 11.4 Å². The van der Waals surface area contributed by atoms with E-state index in [9.17, 15) is 9.59 Å². The van der Waals surface area contributed by atoms with E-state index in [-0.39, 0.29) is 25.0 Å². The van der Waals surface area contributed by atoms with Crippen molar-refractivity contribution in [2.75, 3.05) is 19.7 Å². The molecule has 0 saturated carbocycles. The third kappa shape index (κ3) is 3.80. The average molecular weight is 297 g/mol. The highest BCUT2D eigenvalue weighted by atomic mass is 32.1. The first-order valence-electron chi connectivity index (χ1n) is 6.74. The molecule has 0 aromatic carbocycles. The molecule has 110 valence electrons. The van der Waals surface area contributed by atoms with Crippen LogP contribution < -0.4 is 0 Å². The van der Waals surface area contributed by atoms with E-state index in [2.05, 4.69) is 0 Å². The van der Waals surface area contributed by atoms with Crippen molar-refractivity contribution >= 4 is 23.2 Å². The molecule has 5 nitrogen and oxygen atoms in total. The lowest BCUT2D eigenvalue weighted by atomic mass is 10.2. The maximum absolute atomic E-state index is 12.5. The molecule has 2 heterocycles. The van der Waals surface area contributed by atoms with Crippen molar-refractivity contribution in [2.45, 2.75) is 32.3 Å². The minimum absolute atomic E-state index is 0.0352. The molecule has 0 bridgehead atoms. The molecule has 1 atom stereocenters. The zero-order valence-electron chi connectivity index (χ0n) is 11.5. The van der Waals surface area contributed by atoms with Gasteiger partial charge in [0.05, 0.1) is 17.4 Å². The number of nitrogens with zero attached hydrogens (tertiary/aromatic N) is 1. The Bertz CT molecular complexity index is 479. The summed E-state index contributed by atoms with van der Waals surface area (Å²) in [6.07, 6.45) is 1.93. The average Bonchev–Trinajstić information content (AvgIpc) is 3.04. The van der Waals surface area contributed by atoms with Gasteiger partial charge in [0.15, 0.2) is 0 Å². The Labute approximate surface area is 122 Å². The third-order valence-corrected chi connectivity index (χ3v) is 4.39. The van der Waals surface area contributed by atoms with Crippen LogP contribution >= 0.6 is 11.3 Å². The highest BCUT2D eigenvalue weighted by Gasteiger charge is 2.25. The van der Waals surface area contributed by atoms with E-state index in [1.165, 1.54) is 11.3 Å². The Morgan fingerprint density at radius 1 is 1.55 bits per heavy atom. The van der Waals surface area contributed by atoms with Crippen LogP contribution in [0.5, 0.6) is 0 Å². The zero-order chi connectivity index (χ0) is 14.5. The lowest BCUT2D eigenvalue weighted by Gasteiger charge is -2.24. The summed E-state index contributed by atoms with van der Waals surface area (Å²) < 4.78 is 5.55. The second kappa shape index (κ2) is 6.85. The third-order valence-electron chi connectivity index (χ3n) is 3.39. The molecule has 1 amide bonds. The molecule has 0 spiro atoms. The number of carbonyl (C=O) groups excluding carboxylic acids is 1.